The van der Waals surface area contributed by atoms with Gasteiger partial charge in [-0.3, -0.25) is 9.59 Å². The Morgan fingerprint density at radius 1 is 1.31 bits per heavy atom. The van der Waals surface area contributed by atoms with Crippen molar-refractivity contribution in [2.45, 2.75) is 51.5 Å². The zero-order chi connectivity index (χ0) is 11.3. The van der Waals surface area contributed by atoms with Crippen molar-refractivity contribution in [2.75, 3.05) is 6.54 Å². The number of hydrogen-bond acceptors (Lipinski definition) is 2. The Kier molecular flexibility index (Phi) is 2.13. The molecule has 0 N–H and O–H groups in total. The summed E-state index contributed by atoms with van der Waals surface area (Å²) in [5, 5.41) is 0. The van der Waals surface area contributed by atoms with E-state index < -0.39 is 0 Å². The van der Waals surface area contributed by atoms with Crippen molar-refractivity contribution in [2.24, 2.45) is 11.3 Å². The second-order valence-corrected chi connectivity index (χ2v) is 5.61. The number of carbonyl (C=O) groups is 2. The molecular formula is C13H19NO2. The van der Waals surface area contributed by atoms with E-state index in [4.69, 9.17) is 0 Å². The SMILES string of the molecule is CC[C@]12CCC(=O)[C@@H]3CCN(C(=O)CC1)[C@@H]32. The van der Waals surface area contributed by atoms with Gasteiger partial charge in [-0.2, -0.15) is 0 Å². The lowest BCUT2D eigenvalue weighted by Gasteiger charge is -2.51. The third kappa shape index (κ3) is 1.14. The minimum atomic E-state index is 0.165. The average molecular weight is 221 g/mol. The molecule has 3 heteroatoms. The summed E-state index contributed by atoms with van der Waals surface area (Å²) >= 11 is 0. The standard InChI is InChI=1S/C13H19NO2/c1-2-13-6-3-10(15)9-5-8-14(12(9)13)11(16)4-7-13/h9,12H,2-8H2,1H3/t9-,12-,13-/m0/s1. The molecule has 0 bridgehead atoms. The number of carbonyl (C=O) groups excluding carboxylic acids is 2. The van der Waals surface area contributed by atoms with E-state index >= 15 is 0 Å². The minimum absolute atomic E-state index is 0.165. The predicted octanol–water partition coefficient (Wildman–Crippen LogP) is 1.76. The van der Waals surface area contributed by atoms with E-state index in [-0.39, 0.29) is 23.3 Å². The van der Waals surface area contributed by atoms with Crippen LogP contribution in [-0.4, -0.2) is 29.2 Å². The van der Waals surface area contributed by atoms with Gasteiger partial charge in [0.15, 0.2) is 0 Å². The van der Waals surface area contributed by atoms with E-state index in [0.717, 1.165) is 38.6 Å². The van der Waals surface area contributed by atoms with Gasteiger partial charge in [0.1, 0.15) is 5.78 Å². The topological polar surface area (TPSA) is 37.4 Å². The third-order valence-electron chi connectivity index (χ3n) is 5.17. The number of Topliss-reactive ketones (excluding diaryl/α,β-unsaturated/α-hetero) is 1. The number of piperidine rings is 1. The van der Waals surface area contributed by atoms with E-state index in [1.807, 2.05) is 4.90 Å². The molecule has 88 valence electrons. The van der Waals surface area contributed by atoms with Crippen molar-refractivity contribution in [3.05, 3.63) is 0 Å². The smallest absolute Gasteiger partial charge is 0.222 e. The molecular weight excluding hydrogens is 202 g/mol. The molecule has 0 aromatic heterocycles. The summed E-state index contributed by atoms with van der Waals surface area (Å²) in [6, 6.07) is 0.250. The lowest BCUT2D eigenvalue weighted by molar-refractivity contribution is -0.148. The molecule has 1 saturated carbocycles. The van der Waals surface area contributed by atoms with Crippen LogP contribution in [0.2, 0.25) is 0 Å². The molecule has 0 aromatic carbocycles. The number of hydrogen-bond donors (Lipinski definition) is 0. The molecule has 3 aliphatic rings. The summed E-state index contributed by atoms with van der Waals surface area (Å²) in [4.78, 5) is 25.8. The molecule has 2 heterocycles. The largest absolute Gasteiger partial charge is 0.338 e. The molecule has 2 saturated heterocycles. The van der Waals surface area contributed by atoms with Gasteiger partial charge in [-0.15, -0.1) is 0 Å². The van der Waals surface area contributed by atoms with Gasteiger partial charge >= 0.3 is 0 Å². The number of amides is 1. The molecule has 2 aliphatic heterocycles. The summed E-state index contributed by atoms with van der Waals surface area (Å²) in [6.07, 6.45) is 5.49. The first kappa shape index (κ1) is 10.3. The lowest BCUT2D eigenvalue weighted by Crippen LogP contribution is -2.57. The molecule has 1 amide bonds. The summed E-state index contributed by atoms with van der Waals surface area (Å²) in [7, 11) is 0. The van der Waals surface area contributed by atoms with Crippen molar-refractivity contribution < 1.29 is 9.59 Å². The third-order valence-corrected chi connectivity index (χ3v) is 5.17. The summed E-state index contributed by atoms with van der Waals surface area (Å²) in [6.45, 7) is 3.04. The van der Waals surface area contributed by atoms with Gasteiger partial charge in [-0.05, 0) is 31.1 Å². The molecule has 3 rings (SSSR count). The second-order valence-electron chi connectivity index (χ2n) is 5.61. The first-order chi connectivity index (χ1) is 7.68. The van der Waals surface area contributed by atoms with E-state index in [1.54, 1.807) is 0 Å². The maximum absolute atomic E-state index is 11.9. The van der Waals surface area contributed by atoms with Crippen LogP contribution in [-0.2, 0) is 9.59 Å². The Hall–Kier alpha value is -0.860. The molecule has 3 atom stereocenters. The first-order valence-electron chi connectivity index (χ1n) is 6.50. The maximum atomic E-state index is 11.9. The molecule has 0 aromatic rings. The highest BCUT2D eigenvalue weighted by molar-refractivity contribution is 5.86. The van der Waals surface area contributed by atoms with Crippen LogP contribution in [0.25, 0.3) is 0 Å². The lowest BCUT2D eigenvalue weighted by atomic mass is 9.60. The van der Waals surface area contributed by atoms with Crippen LogP contribution in [0.3, 0.4) is 0 Å². The highest BCUT2D eigenvalue weighted by Gasteiger charge is 2.56. The normalized spacial score (nSPS) is 42.4. The van der Waals surface area contributed by atoms with Gasteiger partial charge in [0.25, 0.3) is 0 Å². The summed E-state index contributed by atoms with van der Waals surface area (Å²) in [5.74, 6) is 0.857. The fraction of sp³-hybridized carbons (Fsp3) is 0.846. The monoisotopic (exact) mass is 221 g/mol. The van der Waals surface area contributed by atoms with Gasteiger partial charge in [0.05, 0.1) is 0 Å². The number of nitrogens with zero attached hydrogens (tertiary/aromatic N) is 1. The first-order valence-corrected chi connectivity index (χ1v) is 6.50. The van der Waals surface area contributed by atoms with Gasteiger partial charge in [-0.25, -0.2) is 0 Å². The molecule has 3 fully saturated rings. The van der Waals surface area contributed by atoms with Crippen LogP contribution in [0.15, 0.2) is 0 Å². The molecule has 16 heavy (non-hydrogen) atoms. The van der Waals surface area contributed by atoms with Crippen LogP contribution < -0.4 is 0 Å². The van der Waals surface area contributed by atoms with Crippen molar-refractivity contribution in [3.63, 3.8) is 0 Å². The van der Waals surface area contributed by atoms with E-state index in [0.29, 0.717) is 12.2 Å². The fourth-order valence-corrected chi connectivity index (χ4v) is 4.21. The van der Waals surface area contributed by atoms with Crippen LogP contribution >= 0.6 is 0 Å². The Morgan fingerprint density at radius 2 is 2.06 bits per heavy atom. The van der Waals surface area contributed by atoms with Crippen LogP contribution in [0.5, 0.6) is 0 Å². The molecule has 0 radical (unpaired) electrons. The van der Waals surface area contributed by atoms with Crippen LogP contribution in [0, 0.1) is 11.3 Å². The zero-order valence-corrected chi connectivity index (χ0v) is 9.87. The average Bonchev–Trinajstić information content (AvgIpc) is 2.75. The zero-order valence-electron chi connectivity index (χ0n) is 9.87. The number of ketones is 1. The number of rotatable bonds is 1. The fourth-order valence-electron chi connectivity index (χ4n) is 4.21. The van der Waals surface area contributed by atoms with Crippen molar-refractivity contribution in [3.8, 4) is 0 Å². The molecule has 0 spiro atoms. The highest BCUT2D eigenvalue weighted by atomic mass is 16.2. The summed E-state index contributed by atoms with van der Waals surface area (Å²) < 4.78 is 0. The molecule has 1 aliphatic carbocycles. The summed E-state index contributed by atoms with van der Waals surface area (Å²) in [5.41, 5.74) is 0.267. The second kappa shape index (κ2) is 3.31. The molecule has 3 nitrogen and oxygen atoms in total. The van der Waals surface area contributed by atoms with Crippen LogP contribution in [0.1, 0.15) is 45.4 Å². The maximum Gasteiger partial charge on any atom is 0.222 e. The Bertz CT molecular complexity index is 322. The Morgan fingerprint density at radius 3 is 2.81 bits per heavy atom. The van der Waals surface area contributed by atoms with Crippen LogP contribution in [0.4, 0.5) is 0 Å². The van der Waals surface area contributed by atoms with Gasteiger partial charge in [0.2, 0.25) is 5.91 Å². The quantitative estimate of drug-likeness (QED) is 0.676. The predicted molar refractivity (Wildman–Crippen MR) is 59.8 cm³/mol. The van der Waals surface area contributed by atoms with Crippen molar-refractivity contribution >= 4 is 11.7 Å². The van der Waals surface area contributed by atoms with Gasteiger partial charge < -0.3 is 4.90 Å². The Balaban J connectivity index is 2.01. The van der Waals surface area contributed by atoms with Gasteiger partial charge in [0, 0.05) is 31.3 Å². The van der Waals surface area contributed by atoms with Gasteiger partial charge in [-0.1, -0.05) is 6.92 Å². The van der Waals surface area contributed by atoms with Crippen molar-refractivity contribution in [1.82, 2.24) is 4.90 Å². The van der Waals surface area contributed by atoms with E-state index in [2.05, 4.69) is 6.92 Å². The highest BCUT2D eigenvalue weighted by Crippen LogP contribution is 2.52. The Labute approximate surface area is 96.2 Å². The van der Waals surface area contributed by atoms with E-state index in [9.17, 15) is 9.59 Å². The van der Waals surface area contributed by atoms with E-state index in [1.165, 1.54) is 0 Å². The molecule has 0 unspecified atom stereocenters. The minimum Gasteiger partial charge on any atom is -0.338 e. The van der Waals surface area contributed by atoms with Crippen molar-refractivity contribution in [1.29, 1.82) is 0 Å².